The van der Waals surface area contributed by atoms with Crippen LogP contribution in [0.5, 0.6) is 5.75 Å². The number of carbonyl (C=O) groups is 2. The average Bonchev–Trinajstić information content (AvgIpc) is 2.73. The van der Waals surface area contributed by atoms with Crippen molar-refractivity contribution in [1.82, 2.24) is 15.2 Å². The summed E-state index contributed by atoms with van der Waals surface area (Å²) in [4.78, 5) is 30.3. The summed E-state index contributed by atoms with van der Waals surface area (Å²) in [5.74, 6) is 1.10. The number of nitrogens with zero attached hydrogens (tertiary/aromatic N) is 2. The normalized spacial score (nSPS) is 14.5. The van der Waals surface area contributed by atoms with E-state index in [1.54, 1.807) is 37.7 Å². The number of carbonyl (C=O) groups excluding carboxylic acids is 2. The molecule has 0 saturated carbocycles. The minimum atomic E-state index is -0.237. The fraction of sp³-hybridized carbons (Fsp3) is 0.350. The van der Waals surface area contributed by atoms with Gasteiger partial charge in [0.2, 0.25) is 0 Å². The van der Waals surface area contributed by atoms with Gasteiger partial charge in [-0.25, -0.2) is 4.79 Å². The third kappa shape index (κ3) is 5.20. The Balaban J connectivity index is 1.41. The van der Waals surface area contributed by atoms with E-state index in [0.717, 1.165) is 12.8 Å². The van der Waals surface area contributed by atoms with E-state index in [0.29, 0.717) is 42.6 Å². The number of piperidine rings is 1. The number of aromatic nitrogens is 1. The van der Waals surface area contributed by atoms with Crippen molar-refractivity contribution in [2.24, 2.45) is 5.92 Å². The lowest BCUT2D eigenvalue weighted by Crippen LogP contribution is -2.42. The maximum atomic E-state index is 12.4. The van der Waals surface area contributed by atoms with Crippen LogP contribution in [0.4, 0.5) is 10.5 Å². The van der Waals surface area contributed by atoms with E-state index in [1.165, 1.54) is 0 Å². The SMILES string of the molecule is COc1cccc(NC(=O)NCC2CCN(C(=O)c3ccncc3)CC2)c1. The second-order valence-electron chi connectivity index (χ2n) is 6.54. The summed E-state index contributed by atoms with van der Waals surface area (Å²) >= 11 is 0. The van der Waals surface area contributed by atoms with Crippen LogP contribution >= 0.6 is 0 Å². The first kappa shape index (κ1) is 18.7. The Bertz CT molecular complexity index is 774. The molecule has 0 unspecified atom stereocenters. The van der Waals surface area contributed by atoms with Gasteiger partial charge in [-0.3, -0.25) is 9.78 Å². The van der Waals surface area contributed by atoms with Gasteiger partial charge in [0, 0.05) is 49.3 Å². The molecule has 2 heterocycles. The number of ether oxygens (including phenoxy) is 1. The molecule has 0 atom stereocenters. The predicted molar refractivity (Wildman–Crippen MR) is 103 cm³/mol. The summed E-state index contributed by atoms with van der Waals surface area (Å²) in [5, 5.41) is 5.72. The number of anilines is 1. The van der Waals surface area contributed by atoms with Gasteiger partial charge in [-0.05, 0) is 43.0 Å². The summed E-state index contributed by atoms with van der Waals surface area (Å²) < 4.78 is 5.15. The number of hydrogen-bond acceptors (Lipinski definition) is 4. The van der Waals surface area contributed by atoms with Crippen molar-refractivity contribution in [3.8, 4) is 5.75 Å². The van der Waals surface area contributed by atoms with Gasteiger partial charge in [-0.1, -0.05) is 6.07 Å². The molecule has 7 nitrogen and oxygen atoms in total. The number of rotatable bonds is 5. The van der Waals surface area contributed by atoms with E-state index in [-0.39, 0.29) is 11.9 Å². The molecule has 2 aromatic rings. The Morgan fingerprint density at radius 1 is 1.19 bits per heavy atom. The molecular formula is C20H24N4O3. The topological polar surface area (TPSA) is 83.6 Å². The number of amides is 3. The van der Waals surface area contributed by atoms with Crippen molar-refractivity contribution < 1.29 is 14.3 Å². The molecule has 0 aliphatic carbocycles. The van der Waals surface area contributed by atoms with E-state index in [1.807, 2.05) is 23.1 Å². The third-order valence-corrected chi connectivity index (χ3v) is 4.71. The van der Waals surface area contributed by atoms with E-state index >= 15 is 0 Å². The monoisotopic (exact) mass is 368 g/mol. The number of benzene rings is 1. The van der Waals surface area contributed by atoms with Gasteiger partial charge < -0.3 is 20.3 Å². The highest BCUT2D eigenvalue weighted by Gasteiger charge is 2.23. The van der Waals surface area contributed by atoms with Gasteiger partial charge in [0.05, 0.1) is 7.11 Å². The molecule has 3 rings (SSSR count). The van der Waals surface area contributed by atoms with Gasteiger partial charge in [-0.15, -0.1) is 0 Å². The van der Waals surface area contributed by atoms with Crippen LogP contribution in [0.1, 0.15) is 23.2 Å². The number of methoxy groups -OCH3 is 1. The summed E-state index contributed by atoms with van der Waals surface area (Å²) in [7, 11) is 1.59. The number of urea groups is 1. The van der Waals surface area contributed by atoms with Crippen molar-refractivity contribution in [1.29, 1.82) is 0 Å². The van der Waals surface area contributed by atoms with Gasteiger partial charge >= 0.3 is 6.03 Å². The number of pyridine rings is 1. The second kappa shape index (κ2) is 9.02. The largest absolute Gasteiger partial charge is 0.497 e. The van der Waals surface area contributed by atoms with Crippen molar-refractivity contribution in [2.45, 2.75) is 12.8 Å². The van der Waals surface area contributed by atoms with E-state index in [4.69, 9.17) is 4.74 Å². The highest BCUT2D eigenvalue weighted by Crippen LogP contribution is 2.19. The minimum absolute atomic E-state index is 0.0413. The molecular weight excluding hydrogens is 344 g/mol. The lowest BCUT2D eigenvalue weighted by atomic mass is 9.96. The molecule has 1 fully saturated rings. The highest BCUT2D eigenvalue weighted by molar-refractivity contribution is 5.94. The molecule has 7 heteroatoms. The van der Waals surface area contributed by atoms with Crippen LogP contribution in [0.3, 0.4) is 0 Å². The zero-order chi connectivity index (χ0) is 19.1. The zero-order valence-corrected chi connectivity index (χ0v) is 15.4. The van der Waals surface area contributed by atoms with Crippen LogP contribution in [-0.2, 0) is 0 Å². The lowest BCUT2D eigenvalue weighted by Gasteiger charge is -2.32. The Hall–Kier alpha value is -3.09. The maximum Gasteiger partial charge on any atom is 0.319 e. The second-order valence-corrected chi connectivity index (χ2v) is 6.54. The Morgan fingerprint density at radius 2 is 1.93 bits per heavy atom. The van der Waals surface area contributed by atoms with Crippen LogP contribution in [-0.4, -0.2) is 48.6 Å². The number of likely N-dealkylation sites (tertiary alicyclic amines) is 1. The zero-order valence-electron chi connectivity index (χ0n) is 15.4. The van der Waals surface area contributed by atoms with Crippen LogP contribution < -0.4 is 15.4 Å². The third-order valence-electron chi connectivity index (χ3n) is 4.71. The summed E-state index contributed by atoms with van der Waals surface area (Å²) in [6.07, 6.45) is 5.00. The Morgan fingerprint density at radius 3 is 2.63 bits per heavy atom. The first-order valence-electron chi connectivity index (χ1n) is 9.04. The van der Waals surface area contributed by atoms with Crippen LogP contribution in [0.2, 0.25) is 0 Å². The van der Waals surface area contributed by atoms with Gasteiger partial charge in [0.15, 0.2) is 0 Å². The van der Waals surface area contributed by atoms with Crippen molar-refractivity contribution in [3.05, 3.63) is 54.4 Å². The summed E-state index contributed by atoms with van der Waals surface area (Å²) in [5.41, 5.74) is 1.35. The molecule has 0 spiro atoms. The molecule has 3 amide bonds. The van der Waals surface area contributed by atoms with Crippen molar-refractivity contribution in [2.75, 3.05) is 32.1 Å². The standard InChI is InChI=1S/C20H24N4O3/c1-27-18-4-2-3-17(13-18)23-20(26)22-14-15-7-11-24(12-8-15)19(25)16-5-9-21-10-6-16/h2-6,9-10,13,15H,7-8,11-12,14H2,1H3,(H2,22,23,26). The maximum absolute atomic E-state index is 12.4. The van der Waals surface area contributed by atoms with Crippen LogP contribution in [0.15, 0.2) is 48.8 Å². The van der Waals surface area contributed by atoms with Gasteiger partial charge in [0.25, 0.3) is 5.91 Å². The predicted octanol–water partition coefficient (Wildman–Crippen LogP) is 2.76. The fourth-order valence-corrected chi connectivity index (χ4v) is 3.13. The first-order valence-corrected chi connectivity index (χ1v) is 9.04. The van der Waals surface area contributed by atoms with Gasteiger partial charge in [0.1, 0.15) is 5.75 Å². The fourth-order valence-electron chi connectivity index (χ4n) is 3.13. The van der Waals surface area contributed by atoms with Gasteiger partial charge in [-0.2, -0.15) is 0 Å². The molecule has 0 bridgehead atoms. The molecule has 1 aliphatic heterocycles. The highest BCUT2D eigenvalue weighted by atomic mass is 16.5. The quantitative estimate of drug-likeness (QED) is 0.850. The molecule has 1 aliphatic rings. The summed E-state index contributed by atoms with van der Waals surface area (Å²) in [6.45, 7) is 1.99. The molecule has 2 N–H and O–H groups in total. The summed E-state index contributed by atoms with van der Waals surface area (Å²) in [6, 6.07) is 10.5. The van der Waals surface area contributed by atoms with Crippen LogP contribution in [0.25, 0.3) is 0 Å². The molecule has 27 heavy (non-hydrogen) atoms. The molecule has 0 radical (unpaired) electrons. The molecule has 1 saturated heterocycles. The van der Waals surface area contributed by atoms with Crippen LogP contribution in [0, 0.1) is 5.92 Å². The van der Waals surface area contributed by atoms with E-state index in [2.05, 4.69) is 15.6 Å². The van der Waals surface area contributed by atoms with E-state index in [9.17, 15) is 9.59 Å². The Kier molecular flexibility index (Phi) is 6.25. The number of nitrogens with one attached hydrogen (secondary N) is 2. The minimum Gasteiger partial charge on any atom is -0.497 e. The average molecular weight is 368 g/mol. The number of hydrogen-bond donors (Lipinski definition) is 2. The Labute approximate surface area is 158 Å². The smallest absolute Gasteiger partial charge is 0.319 e. The first-order chi connectivity index (χ1) is 13.2. The van der Waals surface area contributed by atoms with Crippen molar-refractivity contribution in [3.63, 3.8) is 0 Å². The van der Waals surface area contributed by atoms with Crippen molar-refractivity contribution >= 4 is 17.6 Å². The molecule has 142 valence electrons. The molecule has 1 aromatic carbocycles. The lowest BCUT2D eigenvalue weighted by molar-refractivity contribution is 0.0690. The van der Waals surface area contributed by atoms with E-state index < -0.39 is 0 Å². The molecule has 1 aromatic heterocycles.